The number of aromatic nitrogens is 2. The fourth-order valence-corrected chi connectivity index (χ4v) is 3.35. The Kier molecular flexibility index (Phi) is 3.77. The van der Waals surface area contributed by atoms with Crippen LogP contribution in [-0.2, 0) is 18.3 Å². The van der Waals surface area contributed by atoms with Crippen LogP contribution in [0.25, 0.3) is 0 Å². The second kappa shape index (κ2) is 5.59. The van der Waals surface area contributed by atoms with Crippen LogP contribution in [0.15, 0.2) is 24.3 Å². The number of anilines is 1. The summed E-state index contributed by atoms with van der Waals surface area (Å²) in [5.41, 5.74) is 4.69. The Morgan fingerprint density at radius 1 is 1.32 bits per heavy atom. The number of carbonyl (C=O) groups excluding carboxylic acids is 1. The quantitative estimate of drug-likeness (QED) is 0.944. The van der Waals surface area contributed by atoms with Crippen molar-refractivity contribution in [2.24, 2.45) is 13.0 Å². The van der Waals surface area contributed by atoms with Gasteiger partial charge in [0.15, 0.2) is 0 Å². The number of carbonyl (C=O) groups is 1. The van der Waals surface area contributed by atoms with Crippen LogP contribution in [-0.4, -0.2) is 15.7 Å². The maximum Gasteiger partial charge on any atom is 0.226 e. The molecule has 0 spiro atoms. The molecule has 116 valence electrons. The van der Waals surface area contributed by atoms with Crippen molar-refractivity contribution < 1.29 is 4.79 Å². The van der Waals surface area contributed by atoms with E-state index in [9.17, 15) is 4.79 Å². The Morgan fingerprint density at radius 3 is 2.64 bits per heavy atom. The highest BCUT2D eigenvalue weighted by molar-refractivity contribution is 5.94. The first-order valence-corrected chi connectivity index (χ1v) is 7.88. The van der Waals surface area contributed by atoms with E-state index in [0.29, 0.717) is 12.3 Å². The first kappa shape index (κ1) is 14.8. The zero-order chi connectivity index (χ0) is 15.9. The summed E-state index contributed by atoms with van der Waals surface area (Å²) in [4.78, 5) is 12.0. The molecule has 0 unspecified atom stereocenters. The van der Waals surface area contributed by atoms with Crippen LogP contribution < -0.4 is 5.32 Å². The molecule has 22 heavy (non-hydrogen) atoms. The second-order valence-electron chi connectivity index (χ2n) is 6.62. The topological polar surface area (TPSA) is 46.9 Å². The molecule has 4 nitrogen and oxygen atoms in total. The third-order valence-electron chi connectivity index (χ3n) is 4.29. The van der Waals surface area contributed by atoms with Gasteiger partial charge in [-0.05, 0) is 30.4 Å². The van der Waals surface area contributed by atoms with Gasteiger partial charge in [0.25, 0.3) is 0 Å². The molecule has 1 atom stereocenters. The molecular formula is C18H23N3O. The molecule has 1 aromatic heterocycles. The molecule has 0 radical (unpaired) electrons. The van der Waals surface area contributed by atoms with E-state index in [1.165, 1.54) is 11.1 Å². The van der Waals surface area contributed by atoms with Crippen molar-refractivity contribution in [2.75, 3.05) is 5.32 Å². The van der Waals surface area contributed by atoms with Crippen molar-refractivity contribution in [3.8, 4) is 0 Å². The minimum absolute atomic E-state index is 0.0618. The second-order valence-corrected chi connectivity index (χ2v) is 6.62. The van der Waals surface area contributed by atoms with E-state index in [1.54, 1.807) is 4.68 Å². The SMILES string of the molecule is Cc1nn(C)c2c1[C@H](c1ccc(CC(C)C)cc1)CC(=O)N2. The van der Waals surface area contributed by atoms with Gasteiger partial charge in [-0.1, -0.05) is 38.1 Å². The van der Waals surface area contributed by atoms with Crippen LogP contribution in [0.1, 0.15) is 48.6 Å². The summed E-state index contributed by atoms with van der Waals surface area (Å²) in [5, 5.41) is 7.41. The van der Waals surface area contributed by atoms with Crippen LogP contribution >= 0.6 is 0 Å². The highest BCUT2D eigenvalue weighted by atomic mass is 16.1. The number of amides is 1. The lowest BCUT2D eigenvalue weighted by molar-refractivity contribution is -0.116. The van der Waals surface area contributed by atoms with Crippen molar-refractivity contribution >= 4 is 11.7 Å². The van der Waals surface area contributed by atoms with Gasteiger partial charge in [-0.25, -0.2) is 0 Å². The summed E-state index contributed by atoms with van der Waals surface area (Å²) in [5.74, 6) is 1.65. The lowest BCUT2D eigenvalue weighted by Gasteiger charge is -2.24. The standard InChI is InChI=1S/C18H23N3O/c1-11(2)9-13-5-7-14(8-6-13)15-10-16(22)19-18-17(15)12(3)20-21(18)4/h5-8,11,15H,9-10H2,1-4H3,(H,19,22)/t15-/m0/s1. The van der Waals surface area contributed by atoms with E-state index >= 15 is 0 Å². The van der Waals surface area contributed by atoms with Crippen molar-refractivity contribution in [1.29, 1.82) is 0 Å². The average Bonchev–Trinajstić information content (AvgIpc) is 2.73. The van der Waals surface area contributed by atoms with Gasteiger partial charge < -0.3 is 5.32 Å². The van der Waals surface area contributed by atoms with Gasteiger partial charge in [-0.15, -0.1) is 0 Å². The molecule has 0 aliphatic carbocycles. The van der Waals surface area contributed by atoms with Gasteiger partial charge in [0.2, 0.25) is 5.91 Å². The predicted octanol–water partition coefficient (Wildman–Crippen LogP) is 3.40. The van der Waals surface area contributed by atoms with Crippen molar-refractivity contribution in [2.45, 2.75) is 39.5 Å². The van der Waals surface area contributed by atoms with Gasteiger partial charge in [-0.3, -0.25) is 9.48 Å². The van der Waals surface area contributed by atoms with E-state index in [1.807, 2.05) is 14.0 Å². The molecule has 0 saturated heterocycles. The minimum Gasteiger partial charge on any atom is -0.311 e. The normalized spacial score (nSPS) is 17.5. The van der Waals surface area contributed by atoms with Crippen LogP contribution in [0.2, 0.25) is 0 Å². The summed E-state index contributed by atoms with van der Waals surface area (Å²) in [6.07, 6.45) is 1.58. The number of aryl methyl sites for hydroxylation is 2. The number of hydrogen-bond donors (Lipinski definition) is 1. The fraction of sp³-hybridized carbons (Fsp3) is 0.444. The van der Waals surface area contributed by atoms with Gasteiger partial charge in [0.1, 0.15) is 5.82 Å². The predicted molar refractivity (Wildman–Crippen MR) is 88.0 cm³/mol. The molecule has 1 aliphatic heterocycles. The summed E-state index contributed by atoms with van der Waals surface area (Å²) in [6.45, 7) is 6.46. The molecular weight excluding hydrogens is 274 g/mol. The van der Waals surface area contributed by atoms with Gasteiger partial charge in [0, 0.05) is 24.9 Å². The van der Waals surface area contributed by atoms with E-state index in [-0.39, 0.29) is 11.8 Å². The van der Waals surface area contributed by atoms with Crippen LogP contribution in [0.3, 0.4) is 0 Å². The number of nitrogens with zero attached hydrogens (tertiary/aromatic N) is 2. The van der Waals surface area contributed by atoms with Crippen molar-refractivity contribution in [3.63, 3.8) is 0 Å². The Bertz CT molecular complexity index is 698. The lowest BCUT2D eigenvalue weighted by Crippen LogP contribution is -2.24. The molecule has 1 amide bonds. The first-order valence-electron chi connectivity index (χ1n) is 7.88. The van der Waals surface area contributed by atoms with Crippen LogP contribution in [0, 0.1) is 12.8 Å². The summed E-state index contributed by atoms with van der Waals surface area (Å²) >= 11 is 0. The largest absolute Gasteiger partial charge is 0.311 e. The number of fused-ring (bicyclic) bond motifs is 1. The highest BCUT2D eigenvalue weighted by Gasteiger charge is 2.31. The number of nitrogens with one attached hydrogen (secondary N) is 1. The Labute approximate surface area is 131 Å². The molecule has 1 N–H and O–H groups in total. The fourth-order valence-electron chi connectivity index (χ4n) is 3.35. The molecule has 0 saturated carbocycles. The smallest absolute Gasteiger partial charge is 0.226 e. The number of hydrogen-bond acceptors (Lipinski definition) is 2. The van der Waals surface area contributed by atoms with E-state index in [4.69, 9.17) is 0 Å². The van der Waals surface area contributed by atoms with Gasteiger partial charge in [0.05, 0.1) is 5.69 Å². The third kappa shape index (κ3) is 2.65. The summed E-state index contributed by atoms with van der Waals surface area (Å²) in [6, 6.07) is 8.70. The van der Waals surface area contributed by atoms with Gasteiger partial charge in [-0.2, -0.15) is 5.10 Å². The zero-order valence-electron chi connectivity index (χ0n) is 13.7. The molecule has 2 aromatic rings. The highest BCUT2D eigenvalue weighted by Crippen LogP contribution is 2.38. The maximum atomic E-state index is 12.0. The van der Waals surface area contributed by atoms with E-state index in [2.05, 4.69) is 48.5 Å². The third-order valence-corrected chi connectivity index (χ3v) is 4.29. The molecule has 1 aromatic carbocycles. The van der Waals surface area contributed by atoms with E-state index in [0.717, 1.165) is 23.5 Å². The van der Waals surface area contributed by atoms with Crippen LogP contribution in [0.4, 0.5) is 5.82 Å². The van der Waals surface area contributed by atoms with Crippen LogP contribution in [0.5, 0.6) is 0 Å². The Hall–Kier alpha value is -2.10. The first-order chi connectivity index (χ1) is 10.5. The number of benzene rings is 1. The molecule has 4 heteroatoms. The maximum absolute atomic E-state index is 12.0. The summed E-state index contributed by atoms with van der Waals surface area (Å²) < 4.78 is 1.77. The Balaban J connectivity index is 1.97. The zero-order valence-corrected chi connectivity index (χ0v) is 13.7. The van der Waals surface area contributed by atoms with Gasteiger partial charge >= 0.3 is 0 Å². The molecule has 2 heterocycles. The minimum atomic E-state index is 0.0618. The molecule has 0 fully saturated rings. The summed E-state index contributed by atoms with van der Waals surface area (Å²) in [7, 11) is 1.88. The Morgan fingerprint density at radius 2 is 2.00 bits per heavy atom. The average molecular weight is 297 g/mol. The van der Waals surface area contributed by atoms with Crippen molar-refractivity contribution in [1.82, 2.24) is 9.78 Å². The molecule has 0 bridgehead atoms. The molecule has 3 rings (SSSR count). The molecule has 1 aliphatic rings. The lowest BCUT2D eigenvalue weighted by atomic mass is 9.85. The van der Waals surface area contributed by atoms with E-state index < -0.39 is 0 Å². The number of rotatable bonds is 3. The van der Waals surface area contributed by atoms with Crippen molar-refractivity contribution in [3.05, 3.63) is 46.6 Å². The monoisotopic (exact) mass is 297 g/mol.